The van der Waals surface area contributed by atoms with Gasteiger partial charge in [0, 0.05) is 17.8 Å². The van der Waals surface area contributed by atoms with Crippen molar-refractivity contribution in [2.45, 2.75) is 26.2 Å². The number of aryl methyl sites for hydroxylation is 1. The van der Waals surface area contributed by atoms with E-state index in [1.54, 1.807) is 11.3 Å². The molecule has 4 heteroatoms. The molecule has 0 bridgehead atoms. The first-order valence-corrected chi connectivity index (χ1v) is 6.41. The van der Waals surface area contributed by atoms with Gasteiger partial charge in [0.15, 0.2) is 0 Å². The lowest BCUT2D eigenvalue weighted by molar-refractivity contribution is -0.137. The number of carbonyl (C=O) groups is 1. The molecule has 0 saturated carbocycles. The number of aliphatic carboxylic acids is 1. The fourth-order valence-electron chi connectivity index (χ4n) is 1.56. The van der Waals surface area contributed by atoms with Gasteiger partial charge in [-0.15, -0.1) is 11.3 Å². The Morgan fingerprint density at radius 3 is 2.81 bits per heavy atom. The maximum absolute atomic E-state index is 10.4. The molecule has 16 heavy (non-hydrogen) atoms. The van der Waals surface area contributed by atoms with E-state index in [0.29, 0.717) is 0 Å². The summed E-state index contributed by atoms with van der Waals surface area (Å²) in [5.74, 6) is -0.706. The molecule has 0 unspecified atom stereocenters. The predicted molar refractivity (Wildman–Crippen MR) is 67.1 cm³/mol. The molecule has 0 fully saturated rings. The van der Waals surface area contributed by atoms with E-state index in [1.807, 2.05) is 7.05 Å². The van der Waals surface area contributed by atoms with Crippen LogP contribution in [0.15, 0.2) is 11.4 Å². The molecule has 0 atom stereocenters. The number of thiophene rings is 1. The normalized spacial score (nSPS) is 10.9. The maximum atomic E-state index is 10.4. The van der Waals surface area contributed by atoms with Gasteiger partial charge in [-0.2, -0.15) is 0 Å². The van der Waals surface area contributed by atoms with E-state index in [2.05, 4.69) is 23.3 Å². The fourth-order valence-corrected chi connectivity index (χ4v) is 2.46. The minimum Gasteiger partial charge on any atom is -0.481 e. The highest BCUT2D eigenvalue weighted by Crippen LogP contribution is 2.16. The zero-order chi connectivity index (χ0) is 12.0. The molecule has 1 N–H and O–H groups in total. The topological polar surface area (TPSA) is 40.5 Å². The zero-order valence-corrected chi connectivity index (χ0v) is 10.7. The second-order valence-corrected chi connectivity index (χ2v) is 5.08. The highest BCUT2D eigenvalue weighted by atomic mass is 32.1. The highest BCUT2D eigenvalue weighted by molar-refractivity contribution is 7.10. The average Bonchev–Trinajstić information content (AvgIpc) is 2.60. The van der Waals surface area contributed by atoms with Crippen LogP contribution in [0.3, 0.4) is 0 Å². The van der Waals surface area contributed by atoms with Crippen LogP contribution < -0.4 is 0 Å². The molecule has 0 aliphatic heterocycles. The first-order chi connectivity index (χ1) is 7.59. The van der Waals surface area contributed by atoms with Crippen LogP contribution >= 0.6 is 11.3 Å². The molecule has 3 nitrogen and oxygen atoms in total. The number of carboxylic acids is 1. The van der Waals surface area contributed by atoms with Gasteiger partial charge < -0.3 is 10.0 Å². The maximum Gasteiger partial charge on any atom is 0.303 e. The van der Waals surface area contributed by atoms with Crippen molar-refractivity contribution < 1.29 is 9.90 Å². The smallest absolute Gasteiger partial charge is 0.303 e. The number of carboxylic acid groups (broad SMARTS) is 1. The molecule has 1 aromatic rings. The van der Waals surface area contributed by atoms with Gasteiger partial charge in [0.05, 0.1) is 0 Å². The summed E-state index contributed by atoms with van der Waals surface area (Å²) in [6.07, 6.45) is 2.06. The standard InChI is InChI=1S/C12H19NO2S/c1-10-6-9-16-11(10)5-8-13(2)7-3-4-12(14)15/h6,9H,3-5,7-8H2,1-2H3,(H,14,15). The predicted octanol–water partition coefficient (Wildman–Crippen LogP) is 2.40. The van der Waals surface area contributed by atoms with Crippen LogP contribution in [-0.4, -0.2) is 36.1 Å². The summed E-state index contributed by atoms with van der Waals surface area (Å²) >= 11 is 1.80. The molecule has 0 amide bonds. The van der Waals surface area contributed by atoms with Gasteiger partial charge in [0.1, 0.15) is 0 Å². The number of rotatable bonds is 7. The van der Waals surface area contributed by atoms with Crippen LogP contribution in [0, 0.1) is 6.92 Å². The lowest BCUT2D eigenvalue weighted by Gasteiger charge is -2.15. The summed E-state index contributed by atoms with van der Waals surface area (Å²) < 4.78 is 0. The van der Waals surface area contributed by atoms with Crippen LogP contribution in [0.4, 0.5) is 0 Å². The molecule has 1 rings (SSSR count). The van der Waals surface area contributed by atoms with Crippen molar-refractivity contribution in [3.8, 4) is 0 Å². The molecule has 0 saturated heterocycles. The van der Waals surface area contributed by atoms with Gasteiger partial charge >= 0.3 is 5.97 Å². The Bertz CT molecular complexity index is 336. The van der Waals surface area contributed by atoms with Crippen molar-refractivity contribution in [2.75, 3.05) is 20.1 Å². The fraction of sp³-hybridized carbons (Fsp3) is 0.583. The van der Waals surface area contributed by atoms with Crippen molar-refractivity contribution in [3.05, 3.63) is 21.9 Å². The van der Waals surface area contributed by atoms with Crippen molar-refractivity contribution in [2.24, 2.45) is 0 Å². The van der Waals surface area contributed by atoms with Gasteiger partial charge in [-0.3, -0.25) is 4.79 Å². The Kier molecular flexibility index (Phi) is 5.49. The second kappa shape index (κ2) is 6.66. The van der Waals surface area contributed by atoms with Crippen molar-refractivity contribution >= 4 is 17.3 Å². The number of hydrogen-bond acceptors (Lipinski definition) is 3. The van der Waals surface area contributed by atoms with Gasteiger partial charge in [-0.05, 0) is 50.4 Å². The Labute approximate surface area is 101 Å². The minimum atomic E-state index is -0.706. The van der Waals surface area contributed by atoms with Gasteiger partial charge in [-0.25, -0.2) is 0 Å². The van der Waals surface area contributed by atoms with Crippen molar-refractivity contribution in [1.29, 1.82) is 0 Å². The molecular formula is C12H19NO2S. The molecule has 0 radical (unpaired) electrons. The van der Waals surface area contributed by atoms with E-state index in [0.717, 1.165) is 25.9 Å². The monoisotopic (exact) mass is 241 g/mol. The second-order valence-electron chi connectivity index (χ2n) is 4.08. The molecule has 0 spiro atoms. The average molecular weight is 241 g/mol. The van der Waals surface area contributed by atoms with Crippen molar-refractivity contribution in [1.82, 2.24) is 4.90 Å². The number of likely N-dealkylation sites (N-methyl/N-ethyl adjacent to an activating group) is 1. The molecule has 1 heterocycles. The highest BCUT2D eigenvalue weighted by Gasteiger charge is 2.04. The third-order valence-electron chi connectivity index (χ3n) is 2.62. The molecule has 0 aliphatic rings. The quantitative estimate of drug-likeness (QED) is 0.797. The minimum absolute atomic E-state index is 0.266. The first kappa shape index (κ1) is 13.2. The number of nitrogens with zero attached hydrogens (tertiary/aromatic N) is 1. The Hall–Kier alpha value is -0.870. The summed E-state index contributed by atoms with van der Waals surface area (Å²) in [6.45, 7) is 3.99. The summed E-state index contributed by atoms with van der Waals surface area (Å²) in [7, 11) is 2.05. The molecular weight excluding hydrogens is 222 g/mol. The Morgan fingerprint density at radius 2 is 2.25 bits per heavy atom. The molecule has 90 valence electrons. The van der Waals surface area contributed by atoms with Gasteiger partial charge in [-0.1, -0.05) is 0 Å². The Balaban J connectivity index is 2.17. The van der Waals surface area contributed by atoms with E-state index >= 15 is 0 Å². The lowest BCUT2D eigenvalue weighted by Crippen LogP contribution is -2.22. The van der Waals surface area contributed by atoms with E-state index in [9.17, 15) is 4.79 Å². The summed E-state index contributed by atoms with van der Waals surface area (Å²) in [5, 5.41) is 10.6. The first-order valence-electron chi connectivity index (χ1n) is 5.53. The number of hydrogen-bond donors (Lipinski definition) is 1. The van der Waals surface area contributed by atoms with Crippen LogP contribution in [0.5, 0.6) is 0 Å². The van der Waals surface area contributed by atoms with E-state index in [1.165, 1.54) is 10.4 Å². The largest absolute Gasteiger partial charge is 0.481 e. The summed E-state index contributed by atoms with van der Waals surface area (Å²) in [5.41, 5.74) is 1.36. The van der Waals surface area contributed by atoms with Gasteiger partial charge in [0.2, 0.25) is 0 Å². The van der Waals surface area contributed by atoms with E-state index < -0.39 is 5.97 Å². The van der Waals surface area contributed by atoms with Crippen LogP contribution in [-0.2, 0) is 11.2 Å². The van der Waals surface area contributed by atoms with Crippen LogP contribution in [0.1, 0.15) is 23.3 Å². The van der Waals surface area contributed by atoms with Crippen molar-refractivity contribution in [3.63, 3.8) is 0 Å². The van der Waals surface area contributed by atoms with Gasteiger partial charge in [0.25, 0.3) is 0 Å². The summed E-state index contributed by atoms with van der Waals surface area (Å²) in [6, 6.07) is 2.14. The van der Waals surface area contributed by atoms with E-state index in [4.69, 9.17) is 5.11 Å². The third-order valence-corrected chi connectivity index (χ3v) is 3.70. The summed E-state index contributed by atoms with van der Waals surface area (Å²) in [4.78, 5) is 14.0. The molecule has 0 aromatic carbocycles. The van der Waals surface area contributed by atoms with E-state index in [-0.39, 0.29) is 6.42 Å². The van der Waals surface area contributed by atoms with Crippen LogP contribution in [0.2, 0.25) is 0 Å². The third kappa shape index (κ3) is 4.77. The van der Waals surface area contributed by atoms with Crippen LogP contribution in [0.25, 0.3) is 0 Å². The molecule has 0 aliphatic carbocycles. The SMILES string of the molecule is Cc1ccsc1CCN(C)CCCC(=O)O. The Morgan fingerprint density at radius 1 is 1.50 bits per heavy atom. The zero-order valence-electron chi connectivity index (χ0n) is 9.90. The lowest BCUT2D eigenvalue weighted by atomic mass is 10.2. The molecule has 1 aromatic heterocycles.